The van der Waals surface area contributed by atoms with Crippen LogP contribution in [0.1, 0.15) is 6.92 Å². The van der Waals surface area contributed by atoms with Crippen LogP contribution in [0.2, 0.25) is 0 Å². The van der Waals surface area contributed by atoms with Gasteiger partial charge in [-0.2, -0.15) is 0 Å². The number of aromatic nitrogens is 3. The molecule has 2 aliphatic heterocycles. The third-order valence-corrected chi connectivity index (χ3v) is 5.87. The fourth-order valence-electron chi connectivity index (χ4n) is 4.10. The van der Waals surface area contributed by atoms with Crippen molar-refractivity contribution in [1.82, 2.24) is 20.3 Å². The summed E-state index contributed by atoms with van der Waals surface area (Å²) in [6.45, 7) is 7.96. The maximum absolute atomic E-state index is 5.91. The number of anilines is 2. The molecule has 0 amide bonds. The molecular weight excluding hydrogens is 392 g/mol. The molecular formula is C23H28N6O2. The molecule has 0 aliphatic carbocycles. The van der Waals surface area contributed by atoms with Gasteiger partial charge in [0.25, 0.3) is 0 Å². The minimum absolute atomic E-state index is 0.0822. The lowest BCUT2D eigenvalue weighted by Crippen LogP contribution is -2.46. The molecule has 2 unspecified atom stereocenters. The number of benzene rings is 1. The van der Waals surface area contributed by atoms with E-state index in [9.17, 15) is 0 Å². The normalized spacial score (nSPS) is 20.5. The van der Waals surface area contributed by atoms with Crippen LogP contribution in [-0.2, 0) is 9.47 Å². The molecule has 8 nitrogen and oxygen atoms in total. The Kier molecular flexibility index (Phi) is 5.93. The van der Waals surface area contributed by atoms with Crippen molar-refractivity contribution in [2.75, 3.05) is 56.2 Å². The molecule has 2 saturated heterocycles. The van der Waals surface area contributed by atoms with Crippen LogP contribution >= 0.6 is 0 Å². The van der Waals surface area contributed by atoms with Crippen LogP contribution in [0.25, 0.3) is 22.3 Å². The van der Waals surface area contributed by atoms with Gasteiger partial charge in [-0.25, -0.2) is 9.97 Å². The second kappa shape index (κ2) is 9.13. The lowest BCUT2D eigenvalue weighted by atomic mass is 10.1. The van der Waals surface area contributed by atoms with E-state index in [1.54, 1.807) is 12.4 Å². The van der Waals surface area contributed by atoms with Crippen molar-refractivity contribution in [2.45, 2.75) is 19.1 Å². The molecule has 2 aliphatic rings. The maximum Gasteiger partial charge on any atom is 0.155 e. The predicted molar refractivity (Wildman–Crippen MR) is 121 cm³/mol. The van der Waals surface area contributed by atoms with Crippen LogP contribution in [0, 0.1) is 0 Å². The molecule has 0 spiro atoms. The van der Waals surface area contributed by atoms with E-state index in [1.807, 2.05) is 6.07 Å². The van der Waals surface area contributed by atoms with E-state index in [1.165, 1.54) is 5.69 Å². The Morgan fingerprint density at radius 3 is 2.68 bits per heavy atom. The van der Waals surface area contributed by atoms with E-state index in [0.29, 0.717) is 0 Å². The molecule has 2 aromatic heterocycles. The first-order valence-electron chi connectivity index (χ1n) is 10.9. The first-order chi connectivity index (χ1) is 15.3. The highest BCUT2D eigenvalue weighted by Crippen LogP contribution is 2.28. The Balaban J connectivity index is 1.43. The highest BCUT2D eigenvalue weighted by atomic mass is 16.5. The first-order valence-corrected chi connectivity index (χ1v) is 10.9. The fraction of sp³-hybridized carbons (Fsp3) is 0.435. The number of hydrogen-bond donors (Lipinski definition) is 2. The van der Waals surface area contributed by atoms with Crippen molar-refractivity contribution >= 4 is 22.5 Å². The van der Waals surface area contributed by atoms with Gasteiger partial charge in [-0.1, -0.05) is 12.1 Å². The second-order valence-electron chi connectivity index (χ2n) is 7.97. The largest absolute Gasteiger partial charge is 0.378 e. The van der Waals surface area contributed by atoms with Gasteiger partial charge in [0.2, 0.25) is 0 Å². The van der Waals surface area contributed by atoms with Gasteiger partial charge in [-0.05, 0) is 25.1 Å². The van der Waals surface area contributed by atoms with Crippen LogP contribution < -0.4 is 15.5 Å². The maximum atomic E-state index is 5.91. The fourth-order valence-corrected chi connectivity index (χ4v) is 4.10. The van der Waals surface area contributed by atoms with Gasteiger partial charge in [-0.3, -0.25) is 4.98 Å². The number of morpholine rings is 2. The third-order valence-electron chi connectivity index (χ3n) is 5.87. The van der Waals surface area contributed by atoms with Gasteiger partial charge < -0.3 is 25.0 Å². The summed E-state index contributed by atoms with van der Waals surface area (Å²) in [5.41, 5.74) is 4.73. The molecule has 8 heteroatoms. The molecule has 2 N–H and O–H groups in total. The van der Waals surface area contributed by atoms with Crippen LogP contribution in [0.15, 0.2) is 42.7 Å². The lowest BCUT2D eigenvalue weighted by molar-refractivity contribution is 0.0201. The molecule has 5 rings (SSSR count). The van der Waals surface area contributed by atoms with Gasteiger partial charge in [-0.15, -0.1) is 0 Å². The number of nitrogens with one attached hydrogen (secondary N) is 2. The summed E-state index contributed by atoms with van der Waals surface area (Å²) in [4.78, 5) is 16.3. The molecule has 2 atom stereocenters. The standard InChI is InChI=1S/C23H28N6O2/c1-16(21-15-24-8-11-31-21)27-23-22-20(25-6-7-26-22)14-19(28-23)17-2-4-18(5-3-17)29-9-12-30-13-10-29/h2-7,14,16,21,24H,8-13,15H2,1H3,(H,27,28). The zero-order chi connectivity index (χ0) is 21.0. The molecule has 0 bridgehead atoms. The van der Waals surface area contributed by atoms with E-state index in [4.69, 9.17) is 14.5 Å². The minimum Gasteiger partial charge on any atom is -0.378 e. The number of ether oxygens (including phenoxy) is 2. The monoisotopic (exact) mass is 420 g/mol. The SMILES string of the molecule is CC(Nc1nc(-c2ccc(N3CCOCC3)cc2)cc2nccnc12)C1CNCCO1. The number of pyridine rings is 1. The molecule has 0 saturated carbocycles. The summed E-state index contributed by atoms with van der Waals surface area (Å²) in [5.74, 6) is 0.736. The predicted octanol–water partition coefficient (Wildman–Crippen LogP) is 2.32. The van der Waals surface area contributed by atoms with Crippen LogP contribution in [0.3, 0.4) is 0 Å². The van der Waals surface area contributed by atoms with Crippen LogP contribution in [0.5, 0.6) is 0 Å². The highest BCUT2D eigenvalue weighted by Gasteiger charge is 2.22. The zero-order valence-corrected chi connectivity index (χ0v) is 17.8. The summed E-state index contributed by atoms with van der Waals surface area (Å²) in [6, 6.07) is 10.6. The van der Waals surface area contributed by atoms with Crippen molar-refractivity contribution < 1.29 is 9.47 Å². The van der Waals surface area contributed by atoms with Crippen LogP contribution in [0.4, 0.5) is 11.5 Å². The van der Waals surface area contributed by atoms with E-state index in [0.717, 1.165) is 74.1 Å². The zero-order valence-electron chi connectivity index (χ0n) is 17.8. The minimum atomic E-state index is 0.0822. The second-order valence-corrected chi connectivity index (χ2v) is 7.97. The third kappa shape index (κ3) is 4.46. The van der Waals surface area contributed by atoms with Crippen LogP contribution in [-0.4, -0.2) is 73.1 Å². The van der Waals surface area contributed by atoms with E-state index >= 15 is 0 Å². The van der Waals surface area contributed by atoms with Gasteiger partial charge in [0.15, 0.2) is 5.82 Å². The van der Waals surface area contributed by atoms with Gasteiger partial charge in [0, 0.05) is 49.8 Å². The number of rotatable bonds is 5. The Morgan fingerprint density at radius 1 is 1.10 bits per heavy atom. The molecule has 4 heterocycles. The van der Waals surface area contributed by atoms with Crippen molar-refractivity contribution in [3.63, 3.8) is 0 Å². The molecule has 0 radical (unpaired) electrons. The van der Waals surface area contributed by atoms with E-state index in [2.05, 4.69) is 56.7 Å². The topological polar surface area (TPSA) is 84.4 Å². The number of nitrogens with zero attached hydrogens (tertiary/aromatic N) is 4. The van der Waals surface area contributed by atoms with Gasteiger partial charge >= 0.3 is 0 Å². The molecule has 31 heavy (non-hydrogen) atoms. The highest BCUT2D eigenvalue weighted by molar-refractivity contribution is 5.88. The van der Waals surface area contributed by atoms with Gasteiger partial charge in [0.05, 0.1) is 43.2 Å². The number of fused-ring (bicyclic) bond motifs is 1. The quantitative estimate of drug-likeness (QED) is 0.651. The average Bonchev–Trinajstić information content (AvgIpc) is 2.85. The summed E-state index contributed by atoms with van der Waals surface area (Å²) < 4.78 is 11.4. The summed E-state index contributed by atoms with van der Waals surface area (Å²) in [6.07, 6.45) is 3.50. The number of hydrogen-bond acceptors (Lipinski definition) is 8. The average molecular weight is 421 g/mol. The first kappa shape index (κ1) is 20.1. The Labute approximate surface area is 182 Å². The van der Waals surface area contributed by atoms with Crippen molar-refractivity contribution in [3.8, 4) is 11.3 Å². The Bertz CT molecular complexity index is 1020. The summed E-state index contributed by atoms with van der Waals surface area (Å²) >= 11 is 0. The van der Waals surface area contributed by atoms with E-state index < -0.39 is 0 Å². The summed E-state index contributed by atoms with van der Waals surface area (Å²) in [5, 5.41) is 6.91. The van der Waals surface area contributed by atoms with Crippen molar-refractivity contribution in [3.05, 3.63) is 42.7 Å². The van der Waals surface area contributed by atoms with Crippen molar-refractivity contribution in [1.29, 1.82) is 0 Å². The molecule has 2 fully saturated rings. The molecule has 3 aromatic rings. The summed E-state index contributed by atoms with van der Waals surface area (Å²) in [7, 11) is 0. The van der Waals surface area contributed by atoms with Gasteiger partial charge in [0.1, 0.15) is 5.52 Å². The molecule has 1 aromatic carbocycles. The Hall–Kier alpha value is -2.81. The van der Waals surface area contributed by atoms with Crippen molar-refractivity contribution in [2.24, 2.45) is 0 Å². The molecule has 162 valence electrons. The smallest absolute Gasteiger partial charge is 0.155 e. The lowest BCUT2D eigenvalue weighted by Gasteiger charge is -2.30. The Morgan fingerprint density at radius 2 is 1.90 bits per heavy atom. The van der Waals surface area contributed by atoms with E-state index in [-0.39, 0.29) is 12.1 Å².